The molecule has 0 unspecified atom stereocenters. The highest BCUT2D eigenvalue weighted by Gasteiger charge is 2.25. The normalized spacial score (nSPS) is 15.2. The Morgan fingerprint density at radius 3 is 2.88 bits per heavy atom. The van der Waals surface area contributed by atoms with Crippen LogP contribution in [0.4, 0.5) is 10.1 Å². The van der Waals surface area contributed by atoms with E-state index < -0.39 is 11.8 Å². The smallest absolute Gasteiger partial charge is 0.336 e. The average Bonchev–Trinajstić information content (AvgIpc) is 2.77. The summed E-state index contributed by atoms with van der Waals surface area (Å²) in [4.78, 5) is 11.5. The average molecular weight is 237 g/mol. The van der Waals surface area contributed by atoms with Gasteiger partial charge >= 0.3 is 5.97 Å². The largest absolute Gasteiger partial charge is 0.466 e. The number of carbonyl (C=O) groups is 1. The summed E-state index contributed by atoms with van der Waals surface area (Å²) in [5.41, 5.74) is 7.02. The van der Waals surface area contributed by atoms with Crippen molar-refractivity contribution in [3.63, 3.8) is 0 Å². The summed E-state index contributed by atoms with van der Waals surface area (Å²) in [6, 6.07) is 4.34. The molecule has 0 spiro atoms. The maximum Gasteiger partial charge on any atom is 0.336 e. The van der Waals surface area contributed by atoms with Gasteiger partial charge in [0.25, 0.3) is 0 Å². The van der Waals surface area contributed by atoms with E-state index in [4.69, 9.17) is 10.5 Å². The Kier molecular flexibility index (Phi) is 3.10. The minimum atomic E-state index is -0.492. The number of carbonyl (C=O) groups excluding carboxylic acids is 1. The molecule has 1 aromatic carbocycles. The van der Waals surface area contributed by atoms with Crippen molar-refractivity contribution in [2.45, 2.75) is 0 Å². The molecule has 0 bridgehead atoms. The molecule has 0 aliphatic carbocycles. The van der Waals surface area contributed by atoms with Crippen LogP contribution in [0.2, 0.25) is 0 Å². The number of ether oxygens (including phenoxy) is 2. The van der Waals surface area contributed by atoms with Gasteiger partial charge in [-0.25, -0.2) is 9.18 Å². The van der Waals surface area contributed by atoms with Gasteiger partial charge in [0, 0.05) is 16.8 Å². The number of hydrogen-bond donors (Lipinski definition) is 1. The summed E-state index contributed by atoms with van der Waals surface area (Å²) >= 11 is 0. The fraction of sp³-hybridized carbons (Fsp3) is 0.250. The minimum Gasteiger partial charge on any atom is -0.466 e. The first-order chi connectivity index (χ1) is 8.13. The molecule has 2 N–H and O–H groups in total. The van der Waals surface area contributed by atoms with Crippen LogP contribution in [0.5, 0.6) is 0 Å². The predicted molar refractivity (Wildman–Crippen MR) is 60.6 cm³/mol. The van der Waals surface area contributed by atoms with Gasteiger partial charge in [0.15, 0.2) is 0 Å². The number of hydrogen-bond acceptors (Lipinski definition) is 4. The fourth-order valence-electron chi connectivity index (χ4n) is 1.75. The molecular formula is C12H12FNO3. The van der Waals surface area contributed by atoms with E-state index in [1.165, 1.54) is 19.2 Å². The maximum absolute atomic E-state index is 13.7. The van der Waals surface area contributed by atoms with Crippen molar-refractivity contribution >= 4 is 17.2 Å². The van der Waals surface area contributed by atoms with Crippen LogP contribution in [0.3, 0.4) is 0 Å². The van der Waals surface area contributed by atoms with Crippen LogP contribution >= 0.6 is 0 Å². The van der Waals surface area contributed by atoms with Crippen molar-refractivity contribution in [3.05, 3.63) is 35.2 Å². The number of anilines is 1. The molecule has 4 nitrogen and oxygen atoms in total. The van der Waals surface area contributed by atoms with Crippen molar-refractivity contribution in [2.75, 3.05) is 26.1 Å². The van der Waals surface area contributed by atoms with Crippen molar-refractivity contribution in [3.8, 4) is 0 Å². The van der Waals surface area contributed by atoms with Crippen LogP contribution in [0.1, 0.15) is 5.56 Å². The number of nitrogen functional groups attached to an aromatic ring is 1. The van der Waals surface area contributed by atoms with E-state index >= 15 is 0 Å². The maximum atomic E-state index is 13.7. The number of nitrogens with two attached hydrogens (primary N) is 1. The van der Waals surface area contributed by atoms with E-state index in [0.29, 0.717) is 22.4 Å². The van der Waals surface area contributed by atoms with Gasteiger partial charge in [0.1, 0.15) is 5.82 Å². The first kappa shape index (κ1) is 11.6. The zero-order chi connectivity index (χ0) is 12.4. The molecule has 2 rings (SSSR count). The minimum absolute atomic E-state index is 0.145. The zero-order valence-electron chi connectivity index (χ0n) is 9.33. The molecule has 0 radical (unpaired) electrons. The standard InChI is InChI=1S/C12H12FNO3/c1-16-12(15)10-6-17-5-9(10)8-3-2-7(14)4-11(8)13/h2-4H,5-6,14H2,1H3. The summed E-state index contributed by atoms with van der Waals surface area (Å²) in [5, 5.41) is 0. The van der Waals surface area contributed by atoms with Crippen LogP contribution < -0.4 is 5.73 Å². The highest BCUT2D eigenvalue weighted by molar-refractivity contribution is 5.99. The Morgan fingerprint density at radius 2 is 2.24 bits per heavy atom. The summed E-state index contributed by atoms with van der Waals surface area (Å²) in [6.07, 6.45) is 0. The Hall–Kier alpha value is -1.88. The quantitative estimate of drug-likeness (QED) is 0.623. The molecule has 0 amide bonds. The molecule has 17 heavy (non-hydrogen) atoms. The summed E-state index contributed by atoms with van der Waals surface area (Å²) in [5.74, 6) is -0.958. The van der Waals surface area contributed by atoms with Crippen molar-refractivity contribution in [1.82, 2.24) is 0 Å². The number of halogens is 1. The molecular weight excluding hydrogens is 225 g/mol. The van der Waals surface area contributed by atoms with Gasteiger partial charge in [-0.2, -0.15) is 0 Å². The molecule has 0 fully saturated rings. The Bertz CT molecular complexity index is 497. The summed E-state index contributed by atoms with van der Waals surface area (Å²) < 4.78 is 23.5. The molecule has 1 heterocycles. The van der Waals surface area contributed by atoms with E-state index in [9.17, 15) is 9.18 Å². The van der Waals surface area contributed by atoms with E-state index in [2.05, 4.69) is 4.74 Å². The topological polar surface area (TPSA) is 61.5 Å². The molecule has 5 heteroatoms. The summed E-state index contributed by atoms with van der Waals surface area (Å²) in [7, 11) is 1.28. The summed E-state index contributed by atoms with van der Waals surface area (Å²) in [6.45, 7) is 0.344. The first-order valence-corrected chi connectivity index (χ1v) is 5.07. The van der Waals surface area contributed by atoms with Gasteiger partial charge in [-0.15, -0.1) is 0 Å². The van der Waals surface area contributed by atoms with Gasteiger partial charge < -0.3 is 15.2 Å². The van der Waals surface area contributed by atoms with Crippen LogP contribution in [0.25, 0.3) is 5.57 Å². The molecule has 1 aliphatic heterocycles. The lowest BCUT2D eigenvalue weighted by Crippen LogP contribution is -2.07. The molecule has 0 saturated heterocycles. The lowest BCUT2D eigenvalue weighted by molar-refractivity contribution is -0.136. The van der Waals surface area contributed by atoms with Crippen LogP contribution in [0.15, 0.2) is 23.8 Å². The lowest BCUT2D eigenvalue weighted by atomic mass is 10.0. The number of rotatable bonds is 2. The van der Waals surface area contributed by atoms with Gasteiger partial charge in [-0.1, -0.05) is 0 Å². The lowest BCUT2D eigenvalue weighted by Gasteiger charge is -2.06. The molecule has 0 saturated carbocycles. The molecule has 1 aliphatic rings. The van der Waals surface area contributed by atoms with Gasteiger partial charge in [0.05, 0.1) is 25.9 Å². The van der Waals surface area contributed by atoms with Crippen molar-refractivity contribution in [1.29, 1.82) is 0 Å². The van der Waals surface area contributed by atoms with Gasteiger partial charge in [-0.3, -0.25) is 0 Å². The Balaban J connectivity index is 2.47. The van der Waals surface area contributed by atoms with E-state index in [0.717, 1.165) is 0 Å². The van der Waals surface area contributed by atoms with Crippen molar-refractivity contribution < 1.29 is 18.7 Å². The predicted octanol–water partition coefficient (Wildman–Crippen LogP) is 1.36. The third kappa shape index (κ3) is 2.14. The van der Waals surface area contributed by atoms with Crippen LogP contribution in [-0.4, -0.2) is 26.3 Å². The Morgan fingerprint density at radius 1 is 1.47 bits per heavy atom. The SMILES string of the molecule is COC(=O)C1=C(c2ccc(N)cc2F)COC1. The molecule has 90 valence electrons. The van der Waals surface area contributed by atoms with Crippen LogP contribution in [-0.2, 0) is 14.3 Å². The second kappa shape index (κ2) is 4.55. The number of benzene rings is 1. The fourth-order valence-corrected chi connectivity index (χ4v) is 1.75. The molecule has 0 atom stereocenters. The second-order valence-corrected chi connectivity index (χ2v) is 3.68. The van der Waals surface area contributed by atoms with Gasteiger partial charge in [-0.05, 0) is 18.2 Å². The highest BCUT2D eigenvalue weighted by Crippen LogP contribution is 2.28. The number of esters is 1. The highest BCUT2D eigenvalue weighted by atomic mass is 19.1. The third-order valence-corrected chi connectivity index (χ3v) is 2.61. The van der Waals surface area contributed by atoms with Crippen LogP contribution in [0, 0.1) is 5.82 Å². The number of methoxy groups -OCH3 is 1. The molecule has 0 aromatic heterocycles. The zero-order valence-corrected chi connectivity index (χ0v) is 9.33. The second-order valence-electron chi connectivity index (χ2n) is 3.68. The first-order valence-electron chi connectivity index (χ1n) is 5.07. The Labute approximate surface area is 97.8 Å². The van der Waals surface area contributed by atoms with E-state index in [1.54, 1.807) is 6.07 Å². The monoisotopic (exact) mass is 237 g/mol. The van der Waals surface area contributed by atoms with E-state index in [-0.39, 0.29) is 13.2 Å². The third-order valence-electron chi connectivity index (χ3n) is 2.61. The molecule has 1 aromatic rings. The van der Waals surface area contributed by atoms with Gasteiger partial charge in [0.2, 0.25) is 0 Å². The van der Waals surface area contributed by atoms with Crippen molar-refractivity contribution in [2.24, 2.45) is 0 Å². The van der Waals surface area contributed by atoms with E-state index in [1.807, 2.05) is 0 Å².